The zero-order valence-electron chi connectivity index (χ0n) is 23.7. The number of nitrogens with zero attached hydrogens (tertiary/aromatic N) is 7. The molecule has 3 aliphatic heterocycles. The van der Waals surface area contributed by atoms with Crippen molar-refractivity contribution in [1.29, 1.82) is 0 Å². The first-order valence-electron chi connectivity index (χ1n) is 13.1. The van der Waals surface area contributed by atoms with Gasteiger partial charge in [-0.25, -0.2) is 4.79 Å². The lowest BCUT2D eigenvalue weighted by atomic mass is 9.94. The Bertz CT molecular complexity index is 1150. The van der Waals surface area contributed by atoms with Crippen LogP contribution in [0.3, 0.4) is 0 Å². The molecule has 2 fully saturated rings. The molecule has 0 bridgehead atoms. The molecule has 15 nitrogen and oxygen atoms in total. The number of rotatable bonds is 10. The predicted molar refractivity (Wildman–Crippen MR) is 145 cm³/mol. The number of carbonyl (C=O) groups is 3. The first kappa shape index (κ1) is 29.9. The van der Waals surface area contributed by atoms with Crippen molar-refractivity contribution in [2.45, 2.75) is 75.6 Å². The highest BCUT2D eigenvalue weighted by Gasteiger charge is 2.64. The van der Waals surface area contributed by atoms with Crippen LogP contribution in [0.1, 0.15) is 40.3 Å². The lowest BCUT2D eigenvalue weighted by molar-refractivity contribution is -0.157. The molecule has 1 aromatic rings. The molecule has 16 heteroatoms. The van der Waals surface area contributed by atoms with Crippen molar-refractivity contribution in [3.8, 4) is 0 Å². The molecule has 3 atom stereocenters. The minimum Gasteiger partial charge on any atom is -0.444 e. The molecule has 2 saturated heterocycles. The van der Waals surface area contributed by atoms with E-state index in [-0.39, 0.29) is 31.6 Å². The van der Waals surface area contributed by atoms with Crippen molar-refractivity contribution in [3.63, 3.8) is 0 Å². The molecule has 4 rings (SSSR count). The number of hydrogen-bond donors (Lipinski definition) is 4. The van der Waals surface area contributed by atoms with Gasteiger partial charge in [0.15, 0.2) is 0 Å². The van der Waals surface area contributed by atoms with E-state index < -0.39 is 33.9 Å². The van der Waals surface area contributed by atoms with Gasteiger partial charge in [-0.3, -0.25) is 24.3 Å². The minimum atomic E-state index is -0.774. The maximum atomic E-state index is 14.1. The number of likely N-dealkylation sites (N-methyl/N-ethyl adjacent to an activating group) is 1. The Morgan fingerprint density at radius 1 is 1.23 bits per heavy atom. The van der Waals surface area contributed by atoms with E-state index in [0.717, 1.165) is 0 Å². The second-order valence-corrected chi connectivity index (χ2v) is 13.2. The quantitative estimate of drug-likeness (QED) is 0.251. The Kier molecular flexibility index (Phi) is 8.54. The van der Waals surface area contributed by atoms with Gasteiger partial charge in [0.25, 0.3) is 0 Å². The number of aromatic nitrogens is 3. The third-order valence-electron chi connectivity index (χ3n) is 6.79. The summed E-state index contributed by atoms with van der Waals surface area (Å²) in [5, 5.41) is 32.5. The van der Waals surface area contributed by atoms with Crippen LogP contribution in [0, 0.1) is 0 Å². The summed E-state index contributed by atoms with van der Waals surface area (Å²) in [7, 11) is 1.78. The summed E-state index contributed by atoms with van der Waals surface area (Å²) in [4.78, 5) is 42.9. The van der Waals surface area contributed by atoms with E-state index >= 15 is 0 Å². The van der Waals surface area contributed by atoms with Crippen molar-refractivity contribution in [1.82, 2.24) is 45.7 Å². The average Bonchev–Trinajstić information content (AvgIpc) is 3.54. The highest BCUT2D eigenvalue weighted by atomic mass is 32.2. The number of thioether (sulfide) groups is 1. The topological polar surface area (TPSA) is 169 Å². The number of carbonyl (C=O) groups excluding carboxylic acids is 3. The molecule has 1 aromatic heterocycles. The van der Waals surface area contributed by atoms with Crippen molar-refractivity contribution in [3.05, 3.63) is 23.8 Å². The van der Waals surface area contributed by atoms with Gasteiger partial charge in [0.1, 0.15) is 28.8 Å². The SMILES string of the molecule is CN1NN(CCN(CCn2cc(CO)nn2)C(=O)[C@@H]2N3C(=O)[C@@H](NC(=O)OC(C)(C)C)[C@H]3SC2(C)C)C=C1CO. The van der Waals surface area contributed by atoms with Gasteiger partial charge in [0, 0.05) is 31.1 Å². The molecular formula is C24H39N9O6S. The predicted octanol–water partition coefficient (Wildman–Crippen LogP) is -0.945. The Balaban J connectivity index is 1.48. The summed E-state index contributed by atoms with van der Waals surface area (Å²) < 4.78 is 6.27. The van der Waals surface area contributed by atoms with Crippen molar-refractivity contribution >= 4 is 29.7 Å². The van der Waals surface area contributed by atoms with Crippen LogP contribution in [-0.2, 0) is 27.5 Å². The van der Waals surface area contributed by atoms with Crippen LogP contribution in [0.2, 0.25) is 0 Å². The molecule has 0 aromatic carbocycles. The summed E-state index contributed by atoms with van der Waals surface area (Å²) >= 11 is 1.48. The first-order valence-corrected chi connectivity index (χ1v) is 14.0. The van der Waals surface area contributed by atoms with E-state index in [2.05, 4.69) is 21.2 Å². The number of hydrazine groups is 2. The van der Waals surface area contributed by atoms with E-state index in [0.29, 0.717) is 31.0 Å². The van der Waals surface area contributed by atoms with Crippen LogP contribution in [0.5, 0.6) is 0 Å². The molecular weight excluding hydrogens is 542 g/mol. The highest BCUT2D eigenvalue weighted by molar-refractivity contribution is 8.01. The van der Waals surface area contributed by atoms with Gasteiger partial charge in [-0.05, 0) is 34.6 Å². The molecule has 4 heterocycles. The molecule has 3 aliphatic rings. The number of aliphatic hydroxyl groups is 2. The normalized spacial score (nSPS) is 23.6. The molecule has 0 saturated carbocycles. The van der Waals surface area contributed by atoms with E-state index in [4.69, 9.17) is 4.74 Å². The highest BCUT2D eigenvalue weighted by Crippen LogP contribution is 2.51. The largest absolute Gasteiger partial charge is 0.444 e. The molecule has 0 aliphatic carbocycles. The zero-order chi connectivity index (χ0) is 29.4. The van der Waals surface area contributed by atoms with E-state index in [1.54, 1.807) is 64.7 Å². The Morgan fingerprint density at radius 2 is 1.93 bits per heavy atom. The van der Waals surface area contributed by atoms with Gasteiger partial charge >= 0.3 is 6.09 Å². The molecule has 0 unspecified atom stereocenters. The number of nitrogens with one attached hydrogen (secondary N) is 2. The second kappa shape index (κ2) is 11.4. The summed E-state index contributed by atoms with van der Waals surface area (Å²) in [6.07, 6.45) is 2.71. The minimum absolute atomic E-state index is 0.132. The third kappa shape index (κ3) is 6.29. The number of fused-ring (bicyclic) bond motifs is 1. The molecule has 0 radical (unpaired) electrons. The monoisotopic (exact) mass is 581 g/mol. The van der Waals surface area contributed by atoms with Crippen LogP contribution in [-0.4, -0.2) is 124 Å². The first-order chi connectivity index (χ1) is 18.7. The number of β-lactam (4-membered cyclic amide) rings is 1. The average molecular weight is 582 g/mol. The maximum absolute atomic E-state index is 14.1. The number of alkyl carbamates (subject to hydrolysis) is 1. The Hall–Kier alpha value is -3.08. The molecule has 4 N–H and O–H groups in total. The Morgan fingerprint density at radius 3 is 2.52 bits per heavy atom. The number of hydrogen-bond acceptors (Lipinski definition) is 12. The summed E-state index contributed by atoms with van der Waals surface area (Å²) in [5.74, 6) is -0.542. The van der Waals surface area contributed by atoms with E-state index in [1.165, 1.54) is 11.8 Å². The summed E-state index contributed by atoms with van der Waals surface area (Å²) in [6.45, 7) is 10.1. The molecule has 3 amide bonds. The van der Waals surface area contributed by atoms with Gasteiger partial charge in [-0.2, -0.15) is 0 Å². The number of aliphatic hydroxyl groups excluding tert-OH is 2. The van der Waals surface area contributed by atoms with Gasteiger partial charge in [-0.15, -0.1) is 22.4 Å². The van der Waals surface area contributed by atoms with Crippen LogP contribution in [0.15, 0.2) is 18.1 Å². The fraction of sp³-hybridized carbons (Fsp3) is 0.708. The van der Waals surface area contributed by atoms with Crippen molar-refractivity contribution in [2.75, 3.05) is 33.3 Å². The van der Waals surface area contributed by atoms with Crippen molar-refractivity contribution in [2.24, 2.45) is 0 Å². The van der Waals surface area contributed by atoms with Crippen LogP contribution in [0.25, 0.3) is 0 Å². The van der Waals surface area contributed by atoms with E-state index in [9.17, 15) is 24.6 Å². The maximum Gasteiger partial charge on any atom is 0.408 e. The molecule has 40 heavy (non-hydrogen) atoms. The van der Waals surface area contributed by atoms with Crippen LogP contribution in [0.4, 0.5) is 4.79 Å². The third-order valence-corrected chi connectivity index (χ3v) is 8.36. The number of ether oxygens (including phenoxy) is 1. The second-order valence-electron chi connectivity index (χ2n) is 11.5. The van der Waals surface area contributed by atoms with Crippen molar-refractivity contribution < 1.29 is 29.3 Å². The van der Waals surface area contributed by atoms with Crippen LogP contribution < -0.4 is 10.9 Å². The Labute approximate surface area is 237 Å². The standard InChI is InChI=1S/C24H39N9O6S/c1-23(2,3)39-22(38)25-17-19(36)33-18(24(4,5)40-21(17)33)20(37)30(7-9-31-11-15(13-34)26-27-31)8-10-32-12-16(14-35)29(6)28-32/h11-12,17-18,21,28,34-35H,7-10,13-14H2,1-6H3,(H,25,38)/t17-,18+,21-/m1/s1. The lowest BCUT2D eigenvalue weighted by Crippen LogP contribution is -2.71. The smallest absolute Gasteiger partial charge is 0.408 e. The molecule has 222 valence electrons. The fourth-order valence-electron chi connectivity index (χ4n) is 4.87. The zero-order valence-corrected chi connectivity index (χ0v) is 24.5. The van der Waals surface area contributed by atoms with Gasteiger partial charge in [-0.1, -0.05) is 5.21 Å². The van der Waals surface area contributed by atoms with E-state index in [1.807, 2.05) is 13.8 Å². The van der Waals surface area contributed by atoms with Gasteiger partial charge in [0.05, 0.1) is 38.2 Å². The summed E-state index contributed by atoms with van der Waals surface area (Å²) in [5.41, 5.74) is 3.50. The number of amides is 3. The lowest BCUT2D eigenvalue weighted by Gasteiger charge is -2.45. The van der Waals surface area contributed by atoms with Crippen LogP contribution >= 0.6 is 11.8 Å². The van der Waals surface area contributed by atoms with Gasteiger partial charge in [0.2, 0.25) is 11.8 Å². The van der Waals surface area contributed by atoms with Gasteiger partial charge < -0.3 is 30.1 Å². The molecule has 0 spiro atoms. The fourth-order valence-corrected chi connectivity index (χ4v) is 6.50. The summed E-state index contributed by atoms with van der Waals surface area (Å²) in [6, 6.07) is -1.52.